The van der Waals surface area contributed by atoms with Gasteiger partial charge in [0.15, 0.2) is 0 Å². The summed E-state index contributed by atoms with van der Waals surface area (Å²) in [5.41, 5.74) is 1.09. The number of rotatable bonds is 4. The number of aromatic nitrogens is 1. The predicted molar refractivity (Wildman–Crippen MR) is 97.1 cm³/mol. The van der Waals surface area contributed by atoms with E-state index in [2.05, 4.69) is 10.3 Å². The Labute approximate surface area is 158 Å². The van der Waals surface area contributed by atoms with Gasteiger partial charge in [0.2, 0.25) is 0 Å². The number of hydrogen-bond donors (Lipinski definition) is 1. The van der Waals surface area contributed by atoms with Crippen molar-refractivity contribution >= 4 is 11.9 Å². The number of hydrogen-bond acceptors (Lipinski definition) is 5. The van der Waals surface area contributed by atoms with E-state index in [1.165, 1.54) is 0 Å². The predicted octanol–water partition coefficient (Wildman–Crippen LogP) is 3.77. The normalized spacial score (nSPS) is 22.8. The van der Waals surface area contributed by atoms with Crippen LogP contribution in [0, 0.1) is 0 Å². The standard InChI is InChI=1S/C19H27F2N3O3/c1-18(2,3)27-17(25)23-16-5-4-14(13-6-9-26-11-13)15(22-16)10-24-8-7-19(20,21)12-24/h4-5,13H,6-12H2,1-3H3,(H,22,23,25). The van der Waals surface area contributed by atoms with Crippen LogP contribution in [0.3, 0.4) is 0 Å². The maximum atomic E-state index is 13.6. The van der Waals surface area contributed by atoms with Crippen molar-refractivity contribution in [1.29, 1.82) is 0 Å². The average molecular weight is 383 g/mol. The number of carbonyl (C=O) groups excluding carboxylic acids is 1. The lowest BCUT2D eigenvalue weighted by molar-refractivity contribution is 0.0113. The number of nitrogens with one attached hydrogen (secondary N) is 1. The van der Waals surface area contributed by atoms with E-state index in [1.807, 2.05) is 6.07 Å². The average Bonchev–Trinajstić information content (AvgIpc) is 3.15. The molecule has 27 heavy (non-hydrogen) atoms. The van der Waals surface area contributed by atoms with Crippen LogP contribution in [0.2, 0.25) is 0 Å². The molecule has 0 aliphatic carbocycles. The van der Waals surface area contributed by atoms with Crippen molar-refractivity contribution in [3.8, 4) is 0 Å². The third kappa shape index (κ3) is 5.59. The molecule has 0 aromatic carbocycles. The molecule has 0 radical (unpaired) electrons. The fourth-order valence-electron chi connectivity index (χ4n) is 3.42. The number of amides is 1. The molecule has 2 aliphatic rings. The van der Waals surface area contributed by atoms with Gasteiger partial charge >= 0.3 is 6.09 Å². The van der Waals surface area contributed by atoms with Gasteiger partial charge in [0.25, 0.3) is 5.92 Å². The van der Waals surface area contributed by atoms with Crippen LogP contribution in [0.5, 0.6) is 0 Å². The molecule has 2 fully saturated rings. The van der Waals surface area contributed by atoms with Crippen LogP contribution < -0.4 is 5.32 Å². The SMILES string of the molecule is CC(C)(C)OC(=O)Nc1ccc(C2CCOC2)c(CN2CCC(F)(F)C2)n1. The molecule has 1 N–H and O–H groups in total. The van der Waals surface area contributed by atoms with Gasteiger partial charge in [-0.2, -0.15) is 0 Å². The number of carbonyl (C=O) groups is 1. The smallest absolute Gasteiger partial charge is 0.413 e. The number of anilines is 1. The van der Waals surface area contributed by atoms with Gasteiger partial charge in [0, 0.05) is 32.0 Å². The molecule has 1 aromatic rings. The first-order valence-corrected chi connectivity index (χ1v) is 9.29. The molecule has 1 aromatic heterocycles. The lowest BCUT2D eigenvalue weighted by Crippen LogP contribution is -2.28. The van der Waals surface area contributed by atoms with Gasteiger partial charge in [-0.15, -0.1) is 0 Å². The lowest BCUT2D eigenvalue weighted by atomic mass is 9.96. The molecule has 8 heteroatoms. The highest BCUT2D eigenvalue weighted by atomic mass is 19.3. The molecular formula is C19H27F2N3O3. The minimum Gasteiger partial charge on any atom is -0.444 e. The van der Waals surface area contributed by atoms with Crippen LogP contribution in [-0.4, -0.2) is 53.8 Å². The molecular weight excluding hydrogens is 356 g/mol. The van der Waals surface area contributed by atoms with E-state index in [-0.39, 0.29) is 18.9 Å². The van der Waals surface area contributed by atoms with Gasteiger partial charge < -0.3 is 9.47 Å². The van der Waals surface area contributed by atoms with E-state index < -0.39 is 17.6 Å². The van der Waals surface area contributed by atoms with E-state index >= 15 is 0 Å². The topological polar surface area (TPSA) is 63.7 Å². The summed E-state index contributed by atoms with van der Waals surface area (Å²) in [6.45, 7) is 7.02. The van der Waals surface area contributed by atoms with Crippen molar-refractivity contribution in [2.45, 2.75) is 57.6 Å². The summed E-state index contributed by atoms with van der Waals surface area (Å²) in [5.74, 6) is -2.10. The summed E-state index contributed by atoms with van der Waals surface area (Å²) >= 11 is 0. The van der Waals surface area contributed by atoms with Gasteiger partial charge in [-0.25, -0.2) is 18.6 Å². The Morgan fingerprint density at radius 3 is 2.81 bits per heavy atom. The van der Waals surface area contributed by atoms with Crippen LogP contribution in [0.4, 0.5) is 19.4 Å². The molecule has 1 amide bonds. The van der Waals surface area contributed by atoms with Crippen molar-refractivity contribution in [3.05, 3.63) is 23.4 Å². The van der Waals surface area contributed by atoms with Crippen molar-refractivity contribution in [3.63, 3.8) is 0 Å². The first-order valence-electron chi connectivity index (χ1n) is 9.29. The van der Waals surface area contributed by atoms with Crippen molar-refractivity contribution < 1.29 is 23.0 Å². The van der Waals surface area contributed by atoms with Gasteiger partial charge in [-0.05, 0) is 38.8 Å². The summed E-state index contributed by atoms with van der Waals surface area (Å²) in [5, 5.41) is 2.63. The Hall–Kier alpha value is -1.80. The maximum absolute atomic E-state index is 13.6. The fourth-order valence-corrected chi connectivity index (χ4v) is 3.42. The third-order valence-electron chi connectivity index (χ3n) is 4.63. The number of nitrogens with zero attached hydrogens (tertiary/aromatic N) is 2. The largest absolute Gasteiger partial charge is 0.444 e. The van der Waals surface area contributed by atoms with Crippen LogP contribution in [0.1, 0.15) is 50.8 Å². The fraction of sp³-hybridized carbons (Fsp3) is 0.684. The highest BCUT2D eigenvalue weighted by molar-refractivity contribution is 5.83. The van der Waals surface area contributed by atoms with E-state index in [0.717, 1.165) is 12.0 Å². The number of likely N-dealkylation sites (tertiary alicyclic amines) is 1. The van der Waals surface area contributed by atoms with Crippen LogP contribution in [0.25, 0.3) is 0 Å². The molecule has 1 atom stereocenters. The van der Waals surface area contributed by atoms with Crippen molar-refractivity contribution in [2.24, 2.45) is 0 Å². The van der Waals surface area contributed by atoms with Crippen molar-refractivity contribution in [1.82, 2.24) is 9.88 Å². The third-order valence-corrected chi connectivity index (χ3v) is 4.63. The van der Waals surface area contributed by atoms with E-state index in [1.54, 1.807) is 31.7 Å². The summed E-state index contributed by atoms with van der Waals surface area (Å²) in [4.78, 5) is 18.3. The number of ether oxygens (including phenoxy) is 2. The first kappa shape index (κ1) is 19.9. The molecule has 0 spiro atoms. The Kier molecular flexibility index (Phi) is 5.67. The molecule has 0 saturated carbocycles. The minimum absolute atomic E-state index is 0.134. The maximum Gasteiger partial charge on any atom is 0.413 e. The van der Waals surface area contributed by atoms with Gasteiger partial charge in [-0.1, -0.05) is 6.07 Å². The highest BCUT2D eigenvalue weighted by Crippen LogP contribution is 2.32. The van der Waals surface area contributed by atoms with Crippen LogP contribution in [0.15, 0.2) is 12.1 Å². The second-order valence-electron chi connectivity index (χ2n) is 8.24. The Morgan fingerprint density at radius 1 is 1.44 bits per heavy atom. The zero-order chi connectivity index (χ0) is 19.7. The Bertz CT molecular complexity index is 685. The number of halogens is 2. The molecule has 2 saturated heterocycles. The molecule has 3 heterocycles. The summed E-state index contributed by atoms with van der Waals surface area (Å²) in [6, 6.07) is 3.63. The first-order chi connectivity index (χ1) is 12.6. The zero-order valence-corrected chi connectivity index (χ0v) is 16.1. The summed E-state index contributed by atoms with van der Waals surface area (Å²) < 4.78 is 37.8. The minimum atomic E-state index is -2.65. The quantitative estimate of drug-likeness (QED) is 0.857. The van der Waals surface area contributed by atoms with Gasteiger partial charge in [-0.3, -0.25) is 10.2 Å². The molecule has 1 unspecified atom stereocenters. The highest BCUT2D eigenvalue weighted by Gasteiger charge is 2.38. The zero-order valence-electron chi connectivity index (χ0n) is 16.1. The van der Waals surface area contributed by atoms with Crippen molar-refractivity contribution in [2.75, 3.05) is 31.6 Å². The second-order valence-corrected chi connectivity index (χ2v) is 8.24. The molecule has 0 bridgehead atoms. The monoisotopic (exact) mass is 383 g/mol. The number of pyridine rings is 1. The Morgan fingerprint density at radius 2 is 2.22 bits per heavy atom. The van der Waals surface area contributed by atoms with E-state index in [9.17, 15) is 13.6 Å². The van der Waals surface area contributed by atoms with E-state index in [0.29, 0.717) is 37.8 Å². The number of alkyl halides is 2. The molecule has 150 valence electrons. The summed E-state index contributed by atoms with van der Waals surface area (Å²) in [7, 11) is 0. The van der Waals surface area contributed by atoms with E-state index in [4.69, 9.17) is 9.47 Å². The molecule has 6 nitrogen and oxygen atoms in total. The van der Waals surface area contributed by atoms with Crippen LogP contribution >= 0.6 is 0 Å². The Balaban J connectivity index is 1.77. The molecule has 3 rings (SSSR count). The van der Waals surface area contributed by atoms with Gasteiger partial charge in [0.1, 0.15) is 11.4 Å². The second kappa shape index (κ2) is 7.67. The lowest BCUT2D eigenvalue weighted by Gasteiger charge is -2.21. The van der Waals surface area contributed by atoms with Gasteiger partial charge in [0.05, 0.1) is 18.8 Å². The van der Waals surface area contributed by atoms with Crippen LogP contribution in [-0.2, 0) is 16.0 Å². The molecule has 2 aliphatic heterocycles. The summed E-state index contributed by atoms with van der Waals surface area (Å²) in [6.07, 6.45) is 0.152.